The van der Waals surface area contributed by atoms with Crippen LogP contribution in [-0.2, 0) is 6.54 Å². The lowest BCUT2D eigenvalue weighted by Gasteiger charge is -2.08. The van der Waals surface area contributed by atoms with Crippen LogP contribution < -0.4 is 5.32 Å². The van der Waals surface area contributed by atoms with Crippen LogP contribution >= 0.6 is 0 Å². The Bertz CT molecular complexity index is 512. The highest BCUT2D eigenvalue weighted by Gasteiger charge is 2.17. The van der Waals surface area contributed by atoms with E-state index in [1.165, 1.54) is 25.7 Å². The Morgan fingerprint density at radius 2 is 2.22 bits per heavy atom. The molecular formula is C13H17N3O2. The summed E-state index contributed by atoms with van der Waals surface area (Å²) < 4.78 is 10.6. The van der Waals surface area contributed by atoms with Gasteiger partial charge in [0.2, 0.25) is 11.7 Å². The molecule has 96 valence electrons. The summed E-state index contributed by atoms with van der Waals surface area (Å²) in [7, 11) is 0. The standard InChI is InChI=1S/C13H17N3O2/c1-9-6-7-17-12(9)13-15-11(18-16-13)8-14-10-4-2-3-5-10/h6-7,10,14H,2-5,8H2,1H3. The molecule has 1 aliphatic carbocycles. The first kappa shape index (κ1) is 11.5. The van der Waals surface area contributed by atoms with Crippen molar-refractivity contribution in [1.29, 1.82) is 0 Å². The summed E-state index contributed by atoms with van der Waals surface area (Å²) >= 11 is 0. The van der Waals surface area contributed by atoms with Crippen molar-refractivity contribution in [3.05, 3.63) is 23.8 Å². The molecule has 0 spiro atoms. The van der Waals surface area contributed by atoms with Crippen LogP contribution in [0.3, 0.4) is 0 Å². The molecule has 0 amide bonds. The number of rotatable bonds is 4. The topological polar surface area (TPSA) is 64.1 Å². The van der Waals surface area contributed by atoms with Crippen LogP contribution in [0.25, 0.3) is 11.6 Å². The zero-order valence-electron chi connectivity index (χ0n) is 10.5. The second-order valence-corrected chi connectivity index (χ2v) is 4.81. The van der Waals surface area contributed by atoms with E-state index < -0.39 is 0 Å². The van der Waals surface area contributed by atoms with Crippen LogP contribution in [0.5, 0.6) is 0 Å². The van der Waals surface area contributed by atoms with Gasteiger partial charge in [-0.15, -0.1) is 0 Å². The Morgan fingerprint density at radius 3 is 2.94 bits per heavy atom. The van der Waals surface area contributed by atoms with Gasteiger partial charge in [-0.05, 0) is 31.4 Å². The van der Waals surface area contributed by atoms with Gasteiger partial charge in [0.05, 0.1) is 12.8 Å². The highest BCUT2D eigenvalue weighted by molar-refractivity contribution is 5.50. The number of furan rings is 1. The fraction of sp³-hybridized carbons (Fsp3) is 0.538. The lowest BCUT2D eigenvalue weighted by Crippen LogP contribution is -2.25. The first-order valence-corrected chi connectivity index (χ1v) is 6.43. The third-order valence-electron chi connectivity index (χ3n) is 3.43. The van der Waals surface area contributed by atoms with Crippen molar-refractivity contribution in [3.63, 3.8) is 0 Å². The number of aromatic nitrogens is 2. The van der Waals surface area contributed by atoms with Crippen molar-refractivity contribution < 1.29 is 8.94 Å². The third kappa shape index (κ3) is 2.31. The Labute approximate surface area is 106 Å². The van der Waals surface area contributed by atoms with Crippen LogP contribution in [0, 0.1) is 6.92 Å². The highest BCUT2D eigenvalue weighted by atomic mass is 16.5. The molecule has 0 aliphatic heterocycles. The maximum Gasteiger partial charge on any atom is 0.241 e. The maximum absolute atomic E-state index is 5.34. The Kier molecular flexibility index (Phi) is 3.15. The lowest BCUT2D eigenvalue weighted by atomic mass is 10.2. The van der Waals surface area contributed by atoms with Crippen molar-refractivity contribution in [2.75, 3.05) is 0 Å². The minimum absolute atomic E-state index is 0.528. The van der Waals surface area contributed by atoms with Crippen molar-refractivity contribution in [2.45, 2.75) is 45.2 Å². The normalized spacial score (nSPS) is 16.5. The van der Waals surface area contributed by atoms with E-state index in [0.29, 0.717) is 30.1 Å². The molecule has 1 N–H and O–H groups in total. The summed E-state index contributed by atoms with van der Waals surface area (Å²) in [6.07, 6.45) is 6.77. The van der Waals surface area contributed by atoms with Gasteiger partial charge in [0, 0.05) is 6.04 Å². The highest BCUT2D eigenvalue weighted by Crippen LogP contribution is 2.21. The second-order valence-electron chi connectivity index (χ2n) is 4.81. The smallest absolute Gasteiger partial charge is 0.241 e. The minimum Gasteiger partial charge on any atom is -0.461 e. The van der Waals surface area contributed by atoms with Gasteiger partial charge in [-0.3, -0.25) is 0 Å². The predicted octanol–water partition coefficient (Wildman–Crippen LogP) is 2.67. The molecule has 5 heteroatoms. The summed E-state index contributed by atoms with van der Waals surface area (Å²) in [6, 6.07) is 2.49. The number of nitrogens with zero attached hydrogens (tertiary/aromatic N) is 2. The molecule has 0 unspecified atom stereocenters. The number of aryl methyl sites for hydroxylation is 1. The van der Waals surface area contributed by atoms with E-state index in [0.717, 1.165) is 5.56 Å². The molecule has 1 fully saturated rings. The maximum atomic E-state index is 5.34. The Morgan fingerprint density at radius 1 is 1.39 bits per heavy atom. The molecule has 2 aromatic heterocycles. The van der Waals surface area contributed by atoms with Gasteiger partial charge < -0.3 is 14.3 Å². The van der Waals surface area contributed by atoms with Gasteiger partial charge in [-0.25, -0.2) is 0 Å². The molecule has 3 rings (SSSR count). The van der Waals surface area contributed by atoms with E-state index in [2.05, 4.69) is 15.5 Å². The Hall–Kier alpha value is -1.62. The van der Waals surface area contributed by atoms with Gasteiger partial charge >= 0.3 is 0 Å². The van der Waals surface area contributed by atoms with Gasteiger partial charge in [0.25, 0.3) is 0 Å². The van der Waals surface area contributed by atoms with Crippen LogP contribution in [0.4, 0.5) is 0 Å². The second kappa shape index (κ2) is 4.94. The lowest BCUT2D eigenvalue weighted by molar-refractivity contribution is 0.356. The average Bonchev–Trinajstić information content (AvgIpc) is 3.07. The summed E-state index contributed by atoms with van der Waals surface area (Å²) in [5, 5.41) is 7.39. The van der Waals surface area contributed by atoms with Crippen molar-refractivity contribution in [1.82, 2.24) is 15.5 Å². The van der Waals surface area contributed by atoms with E-state index >= 15 is 0 Å². The van der Waals surface area contributed by atoms with E-state index in [1.54, 1.807) is 6.26 Å². The predicted molar refractivity (Wildman–Crippen MR) is 65.8 cm³/mol. The summed E-state index contributed by atoms with van der Waals surface area (Å²) in [4.78, 5) is 4.34. The van der Waals surface area contributed by atoms with Gasteiger partial charge in [0.15, 0.2) is 5.76 Å². The molecule has 2 heterocycles. The molecule has 0 aromatic carbocycles. The molecule has 2 aromatic rings. The first-order chi connectivity index (χ1) is 8.83. The zero-order chi connectivity index (χ0) is 12.4. The van der Waals surface area contributed by atoms with Crippen molar-refractivity contribution in [2.24, 2.45) is 0 Å². The minimum atomic E-state index is 0.528. The van der Waals surface area contributed by atoms with E-state index in [9.17, 15) is 0 Å². The van der Waals surface area contributed by atoms with E-state index in [-0.39, 0.29) is 0 Å². The number of nitrogens with one attached hydrogen (secondary N) is 1. The van der Waals surface area contributed by atoms with Crippen molar-refractivity contribution >= 4 is 0 Å². The largest absolute Gasteiger partial charge is 0.461 e. The molecule has 0 atom stereocenters. The SMILES string of the molecule is Cc1ccoc1-c1noc(CNC2CCCC2)n1. The summed E-state index contributed by atoms with van der Waals surface area (Å²) in [5.41, 5.74) is 1.02. The third-order valence-corrected chi connectivity index (χ3v) is 3.43. The quantitative estimate of drug-likeness (QED) is 0.899. The summed E-state index contributed by atoms with van der Waals surface area (Å²) in [6.45, 7) is 2.60. The van der Waals surface area contributed by atoms with Gasteiger partial charge in [-0.2, -0.15) is 4.98 Å². The number of hydrogen-bond donors (Lipinski definition) is 1. The zero-order valence-corrected chi connectivity index (χ0v) is 10.5. The van der Waals surface area contributed by atoms with Crippen molar-refractivity contribution in [3.8, 4) is 11.6 Å². The van der Waals surface area contributed by atoms with Crippen LogP contribution in [-0.4, -0.2) is 16.2 Å². The first-order valence-electron chi connectivity index (χ1n) is 6.43. The van der Waals surface area contributed by atoms with E-state index in [1.807, 2.05) is 13.0 Å². The summed E-state index contributed by atoms with van der Waals surface area (Å²) in [5.74, 6) is 1.83. The molecule has 1 saturated carbocycles. The fourth-order valence-electron chi connectivity index (χ4n) is 2.38. The molecular weight excluding hydrogens is 230 g/mol. The molecule has 0 bridgehead atoms. The van der Waals surface area contributed by atoms with E-state index in [4.69, 9.17) is 8.94 Å². The molecule has 0 radical (unpaired) electrons. The van der Waals surface area contributed by atoms with Crippen LogP contribution in [0.2, 0.25) is 0 Å². The van der Waals surface area contributed by atoms with Gasteiger partial charge in [-0.1, -0.05) is 18.0 Å². The molecule has 0 saturated heterocycles. The molecule has 18 heavy (non-hydrogen) atoms. The number of hydrogen-bond acceptors (Lipinski definition) is 5. The van der Waals surface area contributed by atoms with Crippen LogP contribution in [0.1, 0.15) is 37.1 Å². The monoisotopic (exact) mass is 247 g/mol. The molecule has 5 nitrogen and oxygen atoms in total. The van der Waals surface area contributed by atoms with Gasteiger partial charge in [0.1, 0.15) is 0 Å². The fourth-order valence-corrected chi connectivity index (χ4v) is 2.38. The molecule has 1 aliphatic rings. The van der Waals surface area contributed by atoms with Crippen LogP contribution in [0.15, 0.2) is 21.3 Å². The average molecular weight is 247 g/mol. The Balaban J connectivity index is 1.64.